The van der Waals surface area contributed by atoms with Gasteiger partial charge in [-0.1, -0.05) is 35.9 Å². The van der Waals surface area contributed by atoms with Crippen LogP contribution in [0.25, 0.3) is 10.6 Å². The van der Waals surface area contributed by atoms with Gasteiger partial charge in [0.05, 0.1) is 21.5 Å². The lowest BCUT2D eigenvalue weighted by atomic mass is 9.98. The molecule has 4 rings (SSSR count). The Hall–Kier alpha value is -2.22. The average Bonchev–Trinajstić information content (AvgIpc) is 3.44. The molecule has 3 aromatic rings. The second kappa shape index (κ2) is 9.07. The van der Waals surface area contributed by atoms with Crippen molar-refractivity contribution in [2.75, 3.05) is 13.1 Å². The average molecular weight is 447 g/mol. The Morgan fingerprint density at radius 1 is 1.21 bits per heavy atom. The molecule has 2 aromatic heterocycles. The summed E-state index contributed by atoms with van der Waals surface area (Å²) in [4.78, 5) is 32.1. The van der Waals surface area contributed by atoms with E-state index in [1.54, 1.807) is 4.90 Å². The van der Waals surface area contributed by atoms with E-state index in [9.17, 15) is 9.59 Å². The molecule has 3 heterocycles. The number of amides is 1. The fraction of sp³-hybridized carbons (Fsp3) is 0.286. The van der Waals surface area contributed by atoms with E-state index < -0.39 is 0 Å². The third-order valence-corrected chi connectivity index (χ3v) is 6.90. The lowest BCUT2D eigenvalue weighted by molar-refractivity contribution is -0.151. The van der Waals surface area contributed by atoms with Crippen molar-refractivity contribution in [2.24, 2.45) is 5.92 Å². The number of aromatic nitrogens is 1. The van der Waals surface area contributed by atoms with Crippen molar-refractivity contribution in [2.45, 2.75) is 19.4 Å². The number of piperidine rings is 1. The summed E-state index contributed by atoms with van der Waals surface area (Å²) in [6, 6.07) is 11.2. The van der Waals surface area contributed by atoms with Gasteiger partial charge in [-0.2, -0.15) is 0 Å². The van der Waals surface area contributed by atoms with Gasteiger partial charge >= 0.3 is 5.97 Å². The molecule has 0 bridgehead atoms. The monoisotopic (exact) mass is 446 g/mol. The van der Waals surface area contributed by atoms with Crippen molar-refractivity contribution in [1.29, 1.82) is 0 Å². The number of ether oxygens (including phenoxy) is 1. The van der Waals surface area contributed by atoms with E-state index in [1.165, 1.54) is 22.7 Å². The van der Waals surface area contributed by atoms with Crippen LogP contribution in [0.3, 0.4) is 0 Å². The zero-order chi connectivity index (χ0) is 20.2. The van der Waals surface area contributed by atoms with Gasteiger partial charge in [-0.3, -0.25) is 9.59 Å². The van der Waals surface area contributed by atoms with E-state index >= 15 is 0 Å². The topological polar surface area (TPSA) is 59.5 Å². The van der Waals surface area contributed by atoms with Crippen LogP contribution in [-0.4, -0.2) is 34.8 Å². The molecular weight excluding hydrogens is 428 g/mol. The molecule has 0 spiro atoms. The highest BCUT2D eigenvalue weighted by atomic mass is 35.5. The number of thiazole rings is 1. The van der Waals surface area contributed by atoms with Crippen LogP contribution in [-0.2, 0) is 16.1 Å². The first-order valence-corrected chi connectivity index (χ1v) is 11.4. The molecule has 29 heavy (non-hydrogen) atoms. The molecule has 1 aromatic carbocycles. The minimum Gasteiger partial charge on any atom is -0.459 e. The number of rotatable bonds is 5. The number of carbonyl (C=O) groups is 2. The summed E-state index contributed by atoms with van der Waals surface area (Å²) in [6.45, 7) is 1.19. The van der Waals surface area contributed by atoms with Gasteiger partial charge in [0, 0.05) is 24.0 Å². The van der Waals surface area contributed by atoms with Gasteiger partial charge in [-0.05, 0) is 30.4 Å². The molecule has 5 nitrogen and oxygen atoms in total. The number of hydrogen-bond donors (Lipinski definition) is 0. The number of thiophene rings is 1. The Morgan fingerprint density at radius 3 is 2.86 bits per heavy atom. The third-order valence-electron chi connectivity index (χ3n) is 4.79. The largest absolute Gasteiger partial charge is 0.459 e. The molecule has 1 unspecified atom stereocenters. The molecule has 8 heteroatoms. The van der Waals surface area contributed by atoms with E-state index in [0.29, 0.717) is 28.7 Å². The molecule has 1 aliphatic rings. The Bertz CT molecular complexity index is 1000. The van der Waals surface area contributed by atoms with Crippen molar-refractivity contribution in [3.63, 3.8) is 0 Å². The van der Waals surface area contributed by atoms with Crippen LogP contribution in [0, 0.1) is 5.92 Å². The molecule has 1 atom stereocenters. The fourth-order valence-corrected chi connectivity index (χ4v) is 5.12. The van der Waals surface area contributed by atoms with Gasteiger partial charge < -0.3 is 9.64 Å². The van der Waals surface area contributed by atoms with Crippen LogP contribution in [0.5, 0.6) is 0 Å². The summed E-state index contributed by atoms with van der Waals surface area (Å²) in [5.41, 5.74) is 1.56. The SMILES string of the molecule is O=C(OCc1csc(-c2ccccc2Cl)n1)C1CCCN(C(=O)c2cccs2)C1. The summed E-state index contributed by atoms with van der Waals surface area (Å²) in [5.74, 6) is -0.586. The molecule has 1 amide bonds. The second-order valence-electron chi connectivity index (χ2n) is 6.80. The Morgan fingerprint density at radius 2 is 2.07 bits per heavy atom. The van der Waals surface area contributed by atoms with Crippen LogP contribution in [0.2, 0.25) is 5.02 Å². The number of esters is 1. The van der Waals surface area contributed by atoms with Crippen LogP contribution >= 0.6 is 34.3 Å². The third kappa shape index (κ3) is 4.69. The molecule has 1 fully saturated rings. The summed E-state index contributed by atoms with van der Waals surface area (Å²) in [5, 5.41) is 5.20. The van der Waals surface area contributed by atoms with E-state index in [1.807, 2.05) is 47.2 Å². The zero-order valence-corrected chi connectivity index (χ0v) is 17.9. The standard InChI is InChI=1S/C21H19ClN2O3S2/c22-17-7-2-1-6-16(17)19-23-15(13-29-19)12-27-21(26)14-5-3-9-24(11-14)20(25)18-8-4-10-28-18/h1-2,4,6-8,10,13-14H,3,5,9,11-12H2. The van der Waals surface area contributed by atoms with Gasteiger partial charge in [-0.15, -0.1) is 22.7 Å². The number of benzene rings is 1. The van der Waals surface area contributed by atoms with E-state index in [-0.39, 0.29) is 24.4 Å². The maximum Gasteiger partial charge on any atom is 0.311 e. The Balaban J connectivity index is 1.34. The van der Waals surface area contributed by atoms with Crippen LogP contribution in [0.4, 0.5) is 0 Å². The fourth-order valence-electron chi connectivity index (χ4n) is 3.30. The lowest BCUT2D eigenvalue weighted by Gasteiger charge is -2.31. The molecule has 150 valence electrons. The summed E-state index contributed by atoms with van der Waals surface area (Å²) in [7, 11) is 0. The van der Waals surface area contributed by atoms with E-state index in [2.05, 4.69) is 4.98 Å². The highest BCUT2D eigenvalue weighted by Crippen LogP contribution is 2.30. The maximum atomic E-state index is 12.6. The normalized spacial score (nSPS) is 16.6. The van der Waals surface area contributed by atoms with Gasteiger partial charge in [0.25, 0.3) is 5.91 Å². The first-order chi connectivity index (χ1) is 14.1. The molecular formula is C21H19ClN2O3S2. The maximum absolute atomic E-state index is 12.6. The summed E-state index contributed by atoms with van der Waals surface area (Å²) < 4.78 is 5.50. The lowest BCUT2D eigenvalue weighted by Crippen LogP contribution is -2.42. The number of hydrogen-bond acceptors (Lipinski definition) is 6. The van der Waals surface area contributed by atoms with Crippen molar-refractivity contribution >= 4 is 46.2 Å². The summed E-state index contributed by atoms with van der Waals surface area (Å²) >= 11 is 9.11. The van der Waals surface area contributed by atoms with Crippen molar-refractivity contribution in [3.8, 4) is 10.6 Å². The summed E-state index contributed by atoms with van der Waals surface area (Å²) in [6.07, 6.45) is 1.53. The Kier molecular flexibility index (Phi) is 6.28. The minimum absolute atomic E-state index is 0.0126. The predicted molar refractivity (Wildman–Crippen MR) is 115 cm³/mol. The smallest absolute Gasteiger partial charge is 0.311 e. The predicted octanol–water partition coefficient (Wildman–Crippen LogP) is 5.12. The van der Waals surface area contributed by atoms with Crippen LogP contribution in [0.15, 0.2) is 47.2 Å². The van der Waals surface area contributed by atoms with Gasteiger partial charge in [0.1, 0.15) is 11.6 Å². The first-order valence-electron chi connectivity index (χ1n) is 9.30. The highest BCUT2D eigenvalue weighted by Gasteiger charge is 2.30. The molecule has 0 aliphatic carbocycles. The van der Waals surface area contributed by atoms with E-state index in [4.69, 9.17) is 16.3 Å². The van der Waals surface area contributed by atoms with Crippen molar-refractivity contribution < 1.29 is 14.3 Å². The number of halogens is 1. The van der Waals surface area contributed by atoms with Crippen molar-refractivity contribution in [1.82, 2.24) is 9.88 Å². The first kappa shape index (κ1) is 20.1. The molecule has 1 saturated heterocycles. The minimum atomic E-state index is -0.297. The van der Waals surface area contributed by atoms with Crippen molar-refractivity contribution in [3.05, 3.63) is 62.8 Å². The molecule has 1 aliphatic heterocycles. The van der Waals surface area contributed by atoms with E-state index in [0.717, 1.165) is 23.4 Å². The quantitative estimate of drug-likeness (QED) is 0.510. The highest BCUT2D eigenvalue weighted by molar-refractivity contribution is 7.13. The molecule has 0 saturated carbocycles. The molecule has 0 radical (unpaired) electrons. The number of carbonyl (C=O) groups excluding carboxylic acids is 2. The number of nitrogens with zero attached hydrogens (tertiary/aromatic N) is 2. The molecule has 0 N–H and O–H groups in total. The second-order valence-corrected chi connectivity index (χ2v) is 9.01. The Labute approximate surface area is 181 Å². The van der Waals surface area contributed by atoms with Crippen LogP contribution in [0.1, 0.15) is 28.2 Å². The van der Waals surface area contributed by atoms with Gasteiger partial charge in [-0.25, -0.2) is 4.98 Å². The van der Waals surface area contributed by atoms with Crippen LogP contribution < -0.4 is 0 Å². The zero-order valence-electron chi connectivity index (χ0n) is 15.5. The van der Waals surface area contributed by atoms with Gasteiger partial charge in [0.15, 0.2) is 0 Å². The number of likely N-dealkylation sites (tertiary alicyclic amines) is 1. The van der Waals surface area contributed by atoms with Gasteiger partial charge in [0.2, 0.25) is 0 Å².